The molecular weight excluding hydrogens is 741 g/mol. The monoisotopic (exact) mass is 796 g/mol. The number of fused-ring (bicyclic) bond motifs is 9. The van der Waals surface area contributed by atoms with E-state index in [-0.39, 0.29) is 23.0 Å². The zero-order valence-electron chi connectivity index (χ0n) is 51.5. The van der Waals surface area contributed by atoms with Crippen molar-refractivity contribution in [2.75, 3.05) is 0 Å². The van der Waals surface area contributed by atoms with Gasteiger partial charge in [-0.25, -0.2) is 15.0 Å². The van der Waals surface area contributed by atoms with E-state index >= 15 is 0 Å². The molecule has 0 atom stereocenters. The Morgan fingerprint density at radius 1 is 0.311 bits per heavy atom. The molecule has 12 rings (SSSR count). The van der Waals surface area contributed by atoms with E-state index in [9.17, 15) is 15.1 Å². The first kappa shape index (κ1) is 20.2. The van der Waals surface area contributed by atoms with Crippen LogP contribution < -0.4 is 0 Å². The molecule has 0 N–H and O–H groups in total. The van der Waals surface area contributed by atoms with Crippen LogP contribution in [0.1, 0.15) is 27.4 Å². The fraction of sp³-hybridized carbons (Fsp3) is 0. The van der Waals surface area contributed by atoms with Crippen molar-refractivity contribution in [3.8, 4) is 62.1 Å². The predicted molar refractivity (Wildman–Crippen MR) is 254 cm³/mol. The van der Waals surface area contributed by atoms with E-state index in [1.54, 1.807) is 30.3 Å². The molecule has 0 fully saturated rings. The molecule has 0 unspecified atom stereocenters. The average Bonchev–Trinajstić information content (AvgIpc) is 4.08. The van der Waals surface area contributed by atoms with Gasteiger partial charge in [0.15, 0.2) is 17.5 Å². The number of benzene rings is 10. The highest BCUT2D eigenvalue weighted by Crippen LogP contribution is 2.38. The van der Waals surface area contributed by atoms with Gasteiger partial charge in [0, 0.05) is 33.2 Å². The summed E-state index contributed by atoms with van der Waals surface area (Å²) in [5, 5.41) is 4.98. The molecule has 0 amide bonds. The fourth-order valence-corrected chi connectivity index (χ4v) is 7.71. The van der Waals surface area contributed by atoms with Crippen LogP contribution in [0.5, 0.6) is 0 Å². The summed E-state index contributed by atoms with van der Waals surface area (Å²) in [6.07, 6.45) is 0. The third kappa shape index (κ3) is 5.96. The summed E-state index contributed by atoms with van der Waals surface area (Å²) in [6, 6.07) is 13.9. The predicted octanol–water partition coefficient (Wildman–Crippen LogP) is 14.8. The van der Waals surface area contributed by atoms with Gasteiger partial charge in [0.2, 0.25) is 0 Å². The van der Waals surface area contributed by atoms with Crippen LogP contribution in [-0.4, -0.2) is 19.5 Å². The molecule has 4 heteroatoms. The van der Waals surface area contributed by atoms with Gasteiger partial charge in [-0.1, -0.05) is 182 Å². The Kier molecular flexibility index (Phi) is 4.71. The van der Waals surface area contributed by atoms with Crippen molar-refractivity contribution in [2.45, 2.75) is 0 Å². The van der Waals surface area contributed by atoms with Gasteiger partial charge in [-0.3, -0.25) is 0 Å². The first-order valence-electron chi connectivity index (χ1n) is 29.1. The highest BCUT2D eigenvalue weighted by atomic mass is 15.0. The van der Waals surface area contributed by atoms with Crippen molar-refractivity contribution in [1.82, 2.24) is 19.5 Å². The number of aromatic nitrogens is 4. The minimum Gasteiger partial charge on any atom is -0.309 e. The van der Waals surface area contributed by atoms with E-state index < -0.39 is 171 Å². The minimum atomic E-state index is -0.962. The molecule has 12 aromatic rings. The lowest BCUT2D eigenvalue weighted by Crippen LogP contribution is -2.00. The Bertz CT molecular complexity index is 4710. The van der Waals surface area contributed by atoms with Crippen molar-refractivity contribution in [3.05, 3.63) is 218 Å². The Morgan fingerprint density at radius 2 is 0.803 bits per heavy atom. The van der Waals surface area contributed by atoms with Gasteiger partial charge in [0.25, 0.3) is 0 Å². The van der Waals surface area contributed by atoms with Gasteiger partial charge < -0.3 is 4.57 Å². The maximum absolute atomic E-state index is 9.51. The standard InChI is InChI=1S/C57H36N4/c1-3-13-37(14-4-1)42-30-34-54-52(35-42)50-21-11-12-22-53(50)61(54)44-31-27-39(28-32-44)38-23-25-41(26-24-38)56-58-55(40-15-5-2-6-16-40)59-57(60-56)43-29-33-49-47-19-8-7-17-45(47)46-18-9-10-20-48(46)51(49)36-43/h1-36H/i1D,3D,4D,11D,12D,13D,14D,21D,22D,23D,24D,25D,26D,27D,28D,30D,31D,32D,34D,35D. The third-order valence-electron chi connectivity index (χ3n) is 10.5. The fourth-order valence-electron chi connectivity index (χ4n) is 7.71. The quantitative estimate of drug-likeness (QED) is 0.157. The highest BCUT2D eigenvalue weighted by Gasteiger charge is 2.17. The second kappa shape index (κ2) is 14.3. The number of hydrogen-bond acceptors (Lipinski definition) is 3. The Balaban J connectivity index is 1.08. The molecule has 61 heavy (non-hydrogen) atoms. The largest absolute Gasteiger partial charge is 0.309 e. The summed E-state index contributed by atoms with van der Waals surface area (Å²) < 4.78 is 182. The van der Waals surface area contributed by atoms with Crippen molar-refractivity contribution in [3.63, 3.8) is 0 Å². The number of nitrogens with zero attached hydrogens (tertiary/aromatic N) is 4. The molecule has 0 aliphatic heterocycles. The second-order valence-corrected chi connectivity index (χ2v) is 14.0. The van der Waals surface area contributed by atoms with Crippen LogP contribution in [-0.2, 0) is 0 Å². The molecule has 0 aliphatic carbocycles. The van der Waals surface area contributed by atoms with Crippen LogP contribution in [0.2, 0.25) is 0 Å². The van der Waals surface area contributed by atoms with Gasteiger partial charge in [-0.15, -0.1) is 0 Å². The molecule has 2 heterocycles. The van der Waals surface area contributed by atoms with E-state index in [4.69, 9.17) is 27.3 Å². The lowest BCUT2D eigenvalue weighted by Gasteiger charge is -2.13. The van der Waals surface area contributed by atoms with E-state index in [1.807, 2.05) is 60.7 Å². The lowest BCUT2D eigenvalue weighted by atomic mass is 9.93. The maximum atomic E-state index is 9.51. The van der Waals surface area contributed by atoms with Crippen molar-refractivity contribution < 1.29 is 27.4 Å². The summed E-state index contributed by atoms with van der Waals surface area (Å²) in [7, 11) is 0. The van der Waals surface area contributed by atoms with Crippen LogP contribution in [0, 0.1) is 0 Å². The molecule has 2 aromatic heterocycles. The molecule has 0 aliphatic rings. The first-order chi connectivity index (χ1) is 38.6. The molecule has 0 saturated carbocycles. The number of rotatable bonds is 6. The van der Waals surface area contributed by atoms with Gasteiger partial charge in [0.05, 0.1) is 38.4 Å². The van der Waals surface area contributed by atoms with E-state index in [0.29, 0.717) is 11.1 Å². The minimum absolute atomic E-state index is 0.139. The van der Waals surface area contributed by atoms with E-state index in [2.05, 4.69) is 6.07 Å². The van der Waals surface area contributed by atoms with Gasteiger partial charge in [-0.2, -0.15) is 0 Å². The van der Waals surface area contributed by atoms with Gasteiger partial charge in [-0.05, 0) is 90.8 Å². The van der Waals surface area contributed by atoms with Crippen LogP contribution in [0.4, 0.5) is 0 Å². The van der Waals surface area contributed by atoms with Crippen molar-refractivity contribution >= 4 is 54.1 Å². The normalized spacial score (nSPS) is 16.2. The molecule has 0 saturated heterocycles. The van der Waals surface area contributed by atoms with Crippen LogP contribution in [0.15, 0.2) is 218 Å². The van der Waals surface area contributed by atoms with E-state index in [1.165, 1.54) is 0 Å². The zero-order chi connectivity index (χ0) is 57.7. The zero-order valence-corrected chi connectivity index (χ0v) is 31.5. The second-order valence-electron chi connectivity index (χ2n) is 14.0. The molecule has 10 aromatic carbocycles. The van der Waals surface area contributed by atoms with Gasteiger partial charge >= 0.3 is 0 Å². The Morgan fingerprint density at radius 3 is 1.49 bits per heavy atom. The number of hydrogen-bond donors (Lipinski definition) is 0. The topological polar surface area (TPSA) is 43.6 Å². The molecule has 0 spiro atoms. The third-order valence-corrected chi connectivity index (χ3v) is 10.5. The summed E-state index contributed by atoms with van der Waals surface area (Å²) in [5.74, 6) is 0.0293. The first-order valence-corrected chi connectivity index (χ1v) is 19.1. The Hall–Kier alpha value is -8.21. The van der Waals surface area contributed by atoms with Crippen LogP contribution in [0.25, 0.3) is 116 Å². The Labute approximate surface area is 380 Å². The molecule has 284 valence electrons. The molecule has 0 bridgehead atoms. The molecular formula is C57H36N4. The van der Waals surface area contributed by atoms with E-state index in [0.717, 1.165) is 36.9 Å². The summed E-state index contributed by atoms with van der Waals surface area (Å²) in [6.45, 7) is 0. The number of para-hydroxylation sites is 1. The summed E-state index contributed by atoms with van der Waals surface area (Å²) in [5.41, 5.74) is -3.84. The lowest BCUT2D eigenvalue weighted by molar-refractivity contribution is 1.07. The molecule has 0 radical (unpaired) electrons. The summed E-state index contributed by atoms with van der Waals surface area (Å²) >= 11 is 0. The highest BCUT2D eigenvalue weighted by molar-refractivity contribution is 6.25. The van der Waals surface area contributed by atoms with Crippen molar-refractivity contribution in [1.29, 1.82) is 0 Å². The maximum Gasteiger partial charge on any atom is 0.164 e. The SMILES string of the molecule is [2H]c1c([2H])c([2H])c(-c2c([2H])c([2H])c3c(c2[2H])c2c([2H])c([2H])c([2H])c([2H])c2n3-c2c([2H])c([2H])c(-c3c([2H])c([2H])c(-c4nc(-c5ccccc5)nc(-c5ccc6c7ccccc7c7ccccc7c6c5)n4)c([2H])c3[2H])c([2H])c2[2H])c([2H])c1[2H]. The summed E-state index contributed by atoms with van der Waals surface area (Å²) in [4.78, 5) is 14.3. The van der Waals surface area contributed by atoms with Crippen molar-refractivity contribution in [2.24, 2.45) is 0 Å². The average molecular weight is 797 g/mol. The smallest absolute Gasteiger partial charge is 0.164 e. The van der Waals surface area contributed by atoms with Crippen LogP contribution in [0.3, 0.4) is 0 Å². The molecule has 4 nitrogen and oxygen atoms in total. The van der Waals surface area contributed by atoms with Gasteiger partial charge in [0.1, 0.15) is 0 Å². The van der Waals surface area contributed by atoms with Crippen LogP contribution >= 0.6 is 0 Å².